The number of hydrogen-bond donors (Lipinski definition) is 1. The molecule has 1 aromatic rings. The number of carbonyl (C=O) groups excluding carboxylic acids is 1. The van der Waals surface area contributed by atoms with Gasteiger partial charge >= 0.3 is 6.09 Å². The highest BCUT2D eigenvalue weighted by molar-refractivity contribution is 6.71. The molecule has 1 rings (SSSR count). The Morgan fingerprint density at radius 3 is 2.54 bits per heavy atom. The van der Waals surface area contributed by atoms with Gasteiger partial charge in [0.2, 0.25) is 0 Å². The maximum atomic E-state index is 11.8. The van der Waals surface area contributed by atoms with Crippen LogP contribution in [0, 0.1) is 0 Å². The highest BCUT2D eigenvalue weighted by atomic mass is 28.4. The highest BCUT2D eigenvalue weighted by Gasteiger charge is 2.20. The van der Waals surface area contributed by atoms with Crippen molar-refractivity contribution in [3.63, 3.8) is 0 Å². The van der Waals surface area contributed by atoms with E-state index in [2.05, 4.69) is 41.9 Å². The van der Waals surface area contributed by atoms with Crippen molar-refractivity contribution in [2.75, 3.05) is 37.7 Å². The van der Waals surface area contributed by atoms with Gasteiger partial charge < -0.3 is 19.4 Å². The van der Waals surface area contributed by atoms with Gasteiger partial charge in [-0.1, -0.05) is 0 Å². The fourth-order valence-corrected chi connectivity index (χ4v) is 4.66. The zero-order chi connectivity index (χ0) is 19.4. The number of aliphatic imine (C=N–C) groups is 1. The zero-order valence-electron chi connectivity index (χ0n) is 16.6. The van der Waals surface area contributed by atoms with Gasteiger partial charge in [0.05, 0.1) is 12.2 Å². The largest absolute Gasteiger partial charge is 0.448 e. The van der Waals surface area contributed by atoms with E-state index in [-0.39, 0.29) is 6.09 Å². The van der Waals surface area contributed by atoms with Crippen LogP contribution in [0.25, 0.3) is 0 Å². The van der Waals surface area contributed by atoms with Gasteiger partial charge in [0.15, 0.2) is 8.32 Å². The fraction of sp³-hybridized carbons (Fsp3) is 0.579. The van der Waals surface area contributed by atoms with Crippen LogP contribution in [-0.2, 0) is 9.16 Å². The number of ether oxygens (including phenoxy) is 1. The molecule has 0 spiro atoms. The van der Waals surface area contributed by atoms with Crippen molar-refractivity contribution < 1.29 is 14.0 Å². The Balaban J connectivity index is 2.25. The van der Waals surface area contributed by atoms with E-state index in [1.807, 2.05) is 31.2 Å². The Hall–Kier alpha value is -1.86. The van der Waals surface area contributed by atoms with Crippen LogP contribution in [0.4, 0.5) is 16.2 Å². The SMILES string of the molecule is C=Nc1ccc(N(CC)CCOC(=O)NCCC[Si](C)(C)OCC)cc1. The summed E-state index contributed by atoms with van der Waals surface area (Å²) in [5.74, 6) is 0. The minimum Gasteiger partial charge on any atom is -0.448 e. The summed E-state index contributed by atoms with van der Waals surface area (Å²) in [5.41, 5.74) is 1.92. The van der Waals surface area contributed by atoms with Gasteiger partial charge in [0.1, 0.15) is 6.61 Å². The molecule has 0 aromatic heterocycles. The summed E-state index contributed by atoms with van der Waals surface area (Å²) in [6, 6.07) is 8.87. The van der Waals surface area contributed by atoms with Crippen LogP contribution >= 0.6 is 0 Å². The lowest BCUT2D eigenvalue weighted by molar-refractivity contribution is 0.149. The Morgan fingerprint density at radius 1 is 1.27 bits per heavy atom. The first-order valence-corrected chi connectivity index (χ1v) is 12.4. The van der Waals surface area contributed by atoms with Crippen LogP contribution in [0.1, 0.15) is 20.3 Å². The molecule has 7 heteroatoms. The van der Waals surface area contributed by atoms with Crippen LogP contribution in [-0.4, -0.2) is 54.0 Å². The summed E-state index contributed by atoms with van der Waals surface area (Å²) in [6.45, 7) is 15.2. The molecule has 0 atom stereocenters. The molecule has 1 aromatic carbocycles. The molecule has 0 unspecified atom stereocenters. The van der Waals surface area contributed by atoms with E-state index in [0.29, 0.717) is 19.7 Å². The van der Waals surface area contributed by atoms with Crippen molar-refractivity contribution in [3.8, 4) is 0 Å². The molecule has 1 amide bonds. The number of hydrogen-bond acceptors (Lipinski definition) is 5. The Bertz CT molecular complexity index is 549. The van der Waals surface area contributed by atoms with E-state index in [1.54, 1.807) is 0 Å². The third-order valence-electron chi connectivity index (χ3n) is 4.13. The average molecular weight is 380 g/mol. The van der Waals surface area contributed by atoms with E-state index in [1.165, 1.54) is 0 Å². The highest BCUT2D eigenvalue weighted by Crippen LogP contribution is 2.19. The first-order valence-electron chi connectivity index (χ1n) is 9.28. The van der Waals surface area contributed by atoms with Crippen LogP contribution < -0.4 is 10.2 Å². The quantitative estimate of drug-likeness (QED) is 0.336. The smallest absolute Gasteiger partial charge is 0.407 e. The molecule has 0 aliphatic carbocycles. The fourth-order valence-electron chi connectivity index (χ4n) is 2.71. The molecule has 0 bridgehead atoms. The molecule has 26 heavy (non-hydrogen) atoms. The molecule has 0 saturated heterocycles. The van der Waals surface area contributed by atoms with Gasteiger partial charge in [0, 0.05) is 25.4 Å². The van der Waals surface area contributed by atoms with E-state index >= 15 is 0 Å². The normalized spacial score (nSPS) is 11.1. The lowest BCUT2D eigenvalue weighted by Crippen LogP contribution is -2.33. The van der Waals surface area contributed by atoms with Crippen LogP contribution in [0.5, 0.6) is 0 Å². The first-order chi connectivity index (χ1) is 12.4. The second kappa shape index (κ2) is 11.7. The van der Waals surface area contributed by atoms with Gasteiger partial charge in [-0.15, -0.1) is 0 Å². The number of benzene rings is 1. The lowest BCUT2D eigenvalue weighted by Gasteiger charge is -2.23. The molecular weight excluding hydrogens is 346 g/mol. The predicted molar refractivity (Wildman–Crippen MR) is 111 cm³/mol. The molecule has 0 radical (unpaired) electrons. The van der Waals surface area contributed by atoms with Crippen LogP contribution in [0.3, 0.4) is 0 Å². The van der Waals surface area contributed by atoms with E-state index in [9.17, 15) is 4.79 Å². The topological polar surface area (TPSA) is 63.2 Å². The van der Waals surface area contributed by atoms with Crippen molar-refractivity contribution in [3.05, 3.63) is 24.3 Å². The number of amides is 1. The number of likely N-dealkylation sites (N-methyl/N-ethyl adjacent to an activating group) is 1. The molecule has 146 valence electrons. The van der Waals surface area contributed by atoms with Gasteiger partial charge in [-0.3, -0.25) is 4.99 Å². The summed E-state index contributed by atoms with van der Waals surface area (Å²) in [5, 5.41) is 2.81. The Labute approximate surface area is 158 Å². The number of alkyl carbamates (subject to hydrolysis) is 1. The molecule has 6 nitrogen and oxygen atoms in total. The van der Waals surface area contributed by atoms with Crippen molar-refractivity contribution in [1.29, 1.82) is 0 Å². The van der Waals surface area contributed by atoms with Gasteiger partial charge in [-0.25, -0.2) is 4.79 Å². The Morgan fingerprint density at radius 2 is 1.96 bits per heavy atom. The monoisotopic (exact) mass is 379 g/mol. The Kier molecular flexibility index (Phi) is 9.98. The third-order valence-corrected chi connectivity index (χ3v) is 6.76. The predicted octanol–water partition coefficient (Wildman–Crippen LogP) is 4.20. The number of nitrogens with one attached hydrogen (secondary N) is 1. The number of rotatable bonds is 12. The molecular formula is C19H33N3O3Si. The second-order valence-corrected chi connectivity index (χ2v) is 10.9. The summed E-state index contributed by atoms with van der Waals surface area (Å²) in [6.07, 6.45) is 0.558. The van der Waals surface area contributed by atoms with E-state index < -0.39 is 8.32 Å². The standard InChI is InChI=1S/C19H33N3O3Si/c1-6-22(18-11-9-17(20-3)10-12-18)14-15-24-19(23)21-13-8-16-26(4,5)25-7-2/h9-12H,3,6-8,13-16H2,1-2,4-5H3,(H,21,23). The first kappa shape index (κ1) is 22.2. The molecule has 0 heterocycles. The lowest BCUT2D eigenvalue weighted by atomic mass is 10.2. The van der Waals surface area contributed by atoms with Gasteiger partial charge in [0.25, 0.3) is 0 Å². The summed E-state index contributed by atoms with van der Waals surface area (Å²) in [4.78, 5) is 17.8. The maximum Gasteiger partial charge on any atom is 0.407 e. The van der Waals surface area contributed by atoms with Crippen molar-refractivity contribution in [2.45, 2.75) is 39.4 Å². The van der Waals surface area contributed by atoms with Gasteiger partial charge in [-0.2, -0.15) is 0 Å². The molecule has 0 aliphatic heterocycles. The third kappa shape index (κ3) is 8.49. The maximum absolute atomic E-state index is 11.8. The van der Waals surface area contributed by atoms with Crippen molar-refractivity contribution in [2.24, 2.45) is 4.99 Å². The minimum absolute atomic E-state index is 0.348. The van der Waals surface area contributed by atoms with Crippen molar-refractivity contribution in [1.82, 2.24) is 5.32 Å². The number of nitrogens with zero attached hydrogens (tertiary/aromatic N) is 2. The zero-order valence-corrected chi connectivity index (χ0v) is 17.6. The average Bonchev–Trinajstić information content (AvgIpc) is 2.62. The summed E-state index contributed by atoms with van der Waals surface area (Å²) in [7, 11) is -1.57. The van der Waals surface area contributed by atoms with Crippen molar-refractivity contribution >= 4 is 32.5 Å². The van der Waals surface area contributed by atoms with E-state index in [0.717, 1.165) is 37.0 Å². The summed E-state index contributed by atoms with van der Waals surface area (Å²) < 4.78 is 11.1. The molecule has 1 N–H and O–H groups in total. The van der Waals surface area contributed by atoms with E-state index in [4.69, 9.17) is 9.16 Å². The van der Waals surface area contributed by atoms with Crippen LogP contribution in [0.2, 0.25) is 19.1 Å². The van der Waals surface area contributed by atoms with Gasteiger partial charge in [-0.05, 0) is 70.4 Å². The number of anilines is 1. The summed E-state index contributed by atoms with van der Waals surface area (Å²) >= 11 is 0. The molecule has 0 fully saturated rings. The molecule has 0 aliphatic rings. The minimum atomic E-state index is -1.57. The van der Waals surface area contributed by atoms with Crippen LogP contribution in [0.15, 0.2) is 29.3 Å². The molecule has 0 saturated carbocycles. The number of carbonyl (C=O) groups is 1. The second-order valence-electron chi connectivity index (χ2n) is 6.61.